The molecule has 0 saturated heterocycles. The van der Waals surface area contributed by atoms with Gasteiger partial charge in [0.15, 0.2) is 0 Å². The molecule has 0 aliphatic carbocycles. The van der Waals surface area contributed by atoms with E-state index in [9.17, 15) is 8.42 Å². The van der Waals surface area contributed by atoms with Crippen LogP contribution in [-0.4, -0.2) is 36.0 Å². The third kappa shape index (κ3) is 3.44. The number of aryl methyl sites for hydroxylation is 1. The lowest BCUT2D eigenvalue weighted by atomic mass is 10.2. The van der Waals surface area contributed by atoms with Gasteiger partial charge in [0.25, 0.3) is 0 Å². The number of rotatable bonds is 5. The molecular formula is C11H14N4O3S. The second-order valence-electron chi connectivity index (χ2n) is 3.98. The van der Waals surface area contributed by atoms with Crippen LogP contribution >= 0.6 is 0 Å². The van der Waals surface area contributed by atoms with Crippen LogP contribution in [0.2, 0.25) is 0 Å². The SMILES string of the molecule is Cc1ccc(OCCS(=O)(=O)c2nc(N)n[nH]2)cc1. The number of nitrogens with two attached hydrogens (primary N) is 1. The van der Waals surface area contributed by atoms with Crippen LogP contribution in [0.3, 0.4) is 0 Å². The quantitative estimate of drug-likeness (QED) is 0.828. The molecule has 0 aliphatic rings. The van der Waals surface area contributed by atoms with E-state index in [2.05, 4.69) is 15.2 Å². The molecule has 19 heavy (non-hydrogen) atoms. The predicted molar refractivity (Wildman–Crippen MR) is 69.5 cm³/mol. The number of hydrogen-bond acceptors (Lipinski definition) is 6. The number of hydrogen-bond donors (Lipinski definition) is 2. The van der Waals surface area contributed by atoms with E-state index in [-0.39, 0.29) is 23.5 Å². The van der Waals surface area contributed by atoms with Gasteiger partial charge in [0.1, 0.15) is 12.4 Å². The van der Waals surface area contributed by atoms with Gasteiger partial charge in [0.05, 0.1) is 5.75 Å². The molecule has 2 rings (SSSR count). The molecule has 0 saturated carbocycles. The maximum Gasteiger partial charge on any atom is 0.244 e. The summed E-state index contributed by atoms with van der Waals surface area (Å²) in [5, 5.41) is 5.51. The Hall–Kier alpha value is -2.09. The van der Waals surface area contributed by atoms with Gasteiger partial charge >= 0.3 is 0 Å². The van der Waals surface area contributed by atoms with Crippen LogP contribution < -0.4 is 10.5 Å². The molecule has 0 radical (unpaired) electrons. The molecule has 0 spiro atoms. The summed E-state index contributed by atoms with van der Waals surface area (Å²) in [4.78, 5) is 3.59. The number of nitrogens with zero attached hydrogens (tertiary/aromatic N) is 2. The highest BCUT2D eigenvalue weighted by Crippen LogP contribution is 2.12. The van der Waals surface area contributed by atoms with E-state index in [4.69, 9.17) is 10.5 Å². The maximum atomic E-state index is 11.8. The topological polar surface area (TPSA) is 111 Å². The molecule has 2 aromatic rings. The van der Waals surface area contributed by atoms with Gasteiger partial charge in [-0.3, -0.25) is 0 Å². The van der Waals surface area contributed by atoms with Gasteiger partial charge in [0.2, 0.25) is 20.9 Å². The Balaban J connectivity index is 1.93. The van der Waals surface area contributed by atoms with Crippen molar-refractivity contribution in [2.75, 3.05) is 18.1 Å². The molecule has 1 aromatic heterocycles. The van der Waals surface area contributed by atoms with Gasteiger partial charge in [-0.25, -0.2) is 13.5 Å². The zero-order valence-corrected chi connectivity index (χ0v) is 11.1. The molecule has 102 valence electrons. The van der Waals surface area contributed by atoms with E-state index in [0.717, 1.165) is 5.56 Å². The smallest absolute Gasteiger partial charge is 0.244 e. The van der Waals surface area contributed by atoms with Crippen molar-refractivity contribution in [1.29, 1.82) is 0 Å². The molecule has 0 unspecified atom stereocenters. The number of benzene rings is 1. The van der Waals surface area contributed by atoms with Gasteiger partial charge in [-0.1, -0.05) is 17.7 Å². The summed E-state index contributed by atoms with van der Waals surface area (Å²) in [7, 11) is -3.55. The Labute approximate surface area is 110 Å². The second kappa shape index (κ2) is 5.27. The third-order valence-electron chi connectivity index (χ3n) is 2.42. The Morgan fingerprint density at radius 1 is 1.32 bits per heavy atom. The Morgan fingerprint density at radius 2 is 2.00 bits per heavy atom. The fourth-order valence-corrected chi connectivity index (χ4v) is 2.31. The van der Waals surface area contributed by atoms with E-state index >= 15 is 0 Å². The molecule has 0 fully saturated rings. The first-order valence-electron chi connectivity index (χ1n) is 5.57. The average molecular weight is 282 g/mol. The zero-order chi connectivity index (χ0) is 13.9. The lowest BCUT2D eigenvalue weighted by molar-refractivity contribution is 0.340. The van der Waals surface area contributed by atoms with Crippen molar-refractivity contribution in [3.8, 4) is 5.75 Å². The number of sulfone groups is 1. The van der Waals surface area contributed by atoms with Crippen molar-refractivity contribution in [2.24, 2.45) is 0 Å². The molecule has 1 aromatic carbocycles. The van der Waals surface area contributed by atoms with Gasteiger partial charge < -0.3 is 10.5 Å². The van der Waals surface area contributed by atoms with Gasteiger partial charge in [-0.05, 0) is 19.1 Å². The van der Waals surface area contributed by atoms with Crippen molar-refractivity contribution in [1.82, 2.24) is 15.2 Å². The number of nitrogens with one attached hydrogen (secondary N) is 1. The fourth-order valence-electron chi connectivity index (χ4n) is 1.40. The molecule has 0 bridgehead atoms. The lowest BCUT2D eigenvalue weighted by Crippen LogP contribution is -2.15. The largest absolute Gasteiger partial charge is 0.493 e. The minimum atomic E-state index is -3.55. The second-order valence-corrected chi connectivity index (χ2v) is 6.00. The van der Waals surface area contributed by atoms with Gasteiger partial charge in [0, 0.05) is 0 Å². The highest BCUT2D eigenvalue weighted by molar-refractivity contribution is 7.91. The third-order valence-corrected chi connectivity index (χ3v) is 3.89. The molecule has 0 aliphatic heterocycles. The van der Waals surface area contributed by atoms with Crippen molar-refractivity contribution in [3.05, 3.63) is 29.8 Å². The number of aromatic amines is 1. The van der Waals surface area contributed by atoms with Crippen LogP contribution in [0.15, 0.2) is 29.4 Å². The van der Waals surface area contributed by atoms with Crippen LogP contribution in [0.1, 0.15) is 5.56 Å². The van der Waals surface area contributed by atoms with E-state index in [0.29, 0.717) is 5.75 Å². The monoisotopic (exact) mass is 282 g/mol. The Bertz CT molecular complexity index is 649. The number of H-pyrrole nitrogens is 1. The van der Waals surface area contributed by atoms with Crippen LogP contribution in [0.4, 0.5) is 5.95 Å². The Morgan fingerprint density at radius 3 is 2.58 bits per heavy atom. The number of aromatic nitrogens is 3. The van der Waals surface area contributed by atoms with E-state index in [1.165, 1.54) is 0 Å². The summed E-state index contributed by atoms with van der Waals surface area (Å²) >= 11 is 0. The average Bonchev–Trinajstić information content (AvgIpc) is 2.79. The van der Waals surface area contributed by atoms with Crippen LogP contribution in [0.5, 0.6) is 5.75 Å². The summed E-state index contributed by atoms with van der Waals surface area (Å²) in [6, 6.07) is 7.35. The van der Waals surface area contributed by atoms with Crippen LogP contribution in [0, 0.1) is 6.92 Å². The lowest BCUT2D eigenvalue weighted by Gasteiger charge is -2.05. The molecule has 8 heteroatoms. The summed E-state index contributed by atoms with van der Waals surface area (Å²) in [5.74, 6) is 0.325. The molecule has 0 atom stereocenters. The zero-order valence-electron chi connectivity index (χ0n) is 10.3. The van der Waals surface area contributed by atoms with E-state index in [1.807, 2.05) is 19.1 Å². The fraction of sp³-hybridized carbons (Fsp3) is 0.273. The van der Waals surface area contributed by atoms with Crippen LogP contribution in [0.25, 0.3) is 0 Å². The standard InChI is InChI=1S/C11H14N4O3S/c1-8-2-4-9(5-3-8)18-6-7-19(16,17)11-13-10(12)14-15-11/h2-5H,6-7H2,1H3,(H3,12,13,14,15). The van der Waals surface area contributed by atoms with E-state index < -0.39 is 9.84 Å². The maximum absolute atomic E-state index is 11.8. The van der Waals surface area contributed by atoms with Crippen molar-refractivity contribution < 1.29 is 13.2 Å². The minimum absolute atomic E-state index is 0.0337. The predicted octanol–water partition coefficient (Wildman–Crippen LogP) is 0.548. The summed E-state index contributed by atoms with van der Waals surface area (Å²) < 4.78 is 29.0. The van der Waals surface area contributed by atoms with Gasteiger partial charge in [-0.2, -0.15) is 4.98 Å². The molecule has 1 heterocycles. The van der Waals surface area contributed by atoms with Gasteiger partial charge in [-0.15, -0.1) is 5.10 Å². The molecule has 7 nitrogen and oxygen atoms in total. The summed E-state index contributed by atoms with van der Waals surface area (Å²) in [5.41, 5.74) is 6.37. The first kappa shape index (κ1) is 13.3. The highest BCUT2D eigenvalue weighted by atomic mass is 32.2. The highest BCUT2D eigenvalue weighted by Gasteiger charge is 2.19. The van der Waals surface area contributed by atoms with E-state index in [1.54, 1.807) is 12.1 Å². The molecule has 3 N–H and O–H groups in total. The normalized spacial score (nSPS) is 11.4. The molecular weight excluding hydrogens is 268 g/mol. The van der Waals surface area contributed by atoms with Crippen LogP contribution in [-0.2, 0) is 9.84 Å². The number of anilines is 1. The van der Waals surface area contributed by atoms with Crippen molar-refractivity contribution in [3.63, 3.8) is 0 Å². The Kier molecular flexibility index (Phi) is 3.70. The van der Waals surface area contributed by atoms with Crippen molar-refractivity contribution >= 4 is 15.8 Å². The number of ether oxygens (including phenoxy) is 1. The summed E-state index contributed by atoms with van der Waals surface area (Å²) in [6.07, 6.45) is 0. The first-order chi connectivity index (χ1) is 8.97. The number of nitrogen functional groups attached to an aromatic ring is 1. The minimum Gasteiger partial charge on any atom is -0.493 e. The van der Waals surface area contributed by atoms with Crippen molar-refractivity contribution in [2.45, 2.75) is 12.1 Å². The summed E-state index contributed by atoms with van der Waals surface area (Å²) in [6.45, 7) is 1.99. The first-order valence-corrected chi connectivity index (χ1v) is 7.23. The molecule has 0 amide bonds.